The van der Waals surface area contributed by atoms with E-state index in [9.17, 15) is 4.79 Å². The summed E-state index contributed by atoms with van der Waals surface area (Å²) in [6, 6.07) is 6.06. The van der Waals surface area contributed by atoms with E-state index in [4.69, 9.17) is 14.0 Å². The van der Waals surface area contributed by atoms with Crippen LogP contribution in [0.25, 0.3) is 16.3 Å². The number of alkyl carbamates (subject to hydrolysis) is 1. The zero-order valence-corrected chi connectivity index (χ0v) is 19.0. The standard InChI is InChI=1S/C21H29BN2O4S/c1-19(2,3)26-18(25)23-12-15(22-27-20(4,5)21(6,7)28-22)10-14-8-9-16-17(11-14)29-13-24-16/h8-11,13H,12H2,1-7H3,(H,23,25). The number of rotatable bonds is 4. The number of benzene rings is 1. The molecule has 1 aliphatic heterocycles. The molecule has 3 rings (SSSR count). The van der Waals surface area contributed by atoms with Crippen molar-refractivity contribution in [1.82, 2.24) is 10.3 Å². The first-order chi connectivity index (χ1) is 13.4. The van der Waals surface area contributed by atoms with E-state index in [0.717, 1.165) is 21.3 Å². The Bertz CT molecular complexity index is 914. The van der Waals surface area contributed by atoms with Gasteiger partial charge in [-0.05, 0) is 71.6 Å². The van der Waals surface area contributed by atoms with E-state index in [1.807, 2.05) is 72.2 Å². The molecule has 0 bridgehead atoms. The van der Waals surface area contributed by atoms with E-state index in [1.165, 1.54) is 0 Å². The quantitative estimate of drug-likeness (QED) is 0.723. The number of aromatic nitrogens is 1. The van der Waals surface area contributed by atoms with Gasteiger partial charge in [-0.3, -0.25) is 0 Å². The number of nitrogens with zero attached hydrogens (tertiary/aromatic N) is 1. The number of carbonyl (C=O) groups excluding carboxylic acids is 1. The molecule has 0 atom stereocenters. The highest BCUT2D eigenvalue weighted by Crippen LogP contribution is 2.38. The zero-order chi connectivity index (χ0) is 21.4. The highest BCUT2D eigenvalue weighted by Gasteiger charge is 2.52. The molecule has 0 unspecified atom stereocenters. The molecule has 1 aliphatic rings. The summed E-state index contributed by atoms with van der Waals surface area (Å²) in [5, 5.41) is 2.82. The fourth-order valence-corrected chi connectivity index (χ4v) is 3.59. The SMILES string of the molecule is CC(C)(C)OC(=O)NCC(=Cc1ccc2ncsc2c1)B1OC(C)(C)C(C)(C)O1. The van der Waals surface area contributed by atoms with Crippen LogP contribution in [-0.2, 0) is 14.0 Å². The van der Waals surface area contributed by atoms with Gasteiger partial charge in [0.1, 0.15) is 5.60 Å². The van der Waals surface area contributed by atoms with Gasteiger partial charge in [0.25, 0.3) is 0 Å². The van der Waals surface area contributed by atoms with Crippen molar-refractivity contribution in [3.63, 3.8) is 0 Å². The third-order valence-electron chi connectivity index (χ3n) is 5.10. The Morgan fingerprint density at radius 2 is 1.90 bits per heavy atom. The molecule has 2 aromatic rings. The van der Waals surface area contributed by atoms with Crippen LogP contribution in [0.1, 0.15) is 54.0 Å². The lowest BCUT2D eigenvalue weighted by Crippen LogP contribution is -2.41. The van der Waals surface area contributed by atoms with Crippen molar-refractivity contribution in [1.29, 1.82) is 0 Å². The summed E-state index contributed by atoms with van der Waals surface area (Å²) < 4.78 is 18.9. The van der Waals surface area contributed by atoms with Crippen LogP contribution in [0.15, 0.2) is 29.2 Å². The summed E-state index contributed by atoms with van der Waals surface area (Å²) in [5.41, 5.74) is 3.12. The van der Waals surface area contributed by atoms with Gasteiger partial charge >= 0.3 is 13.2 Å². The topological polar surface area (TPSA) is 69.7 Å². The molecule has 0 spiro atoms. The van der Waals surface area contributed by atoms with Crippen molar-refractivity contribution in [2.45, 2.75) is 65.3 Å². The Hall–Kier alpha value is -1.90. The summed E-state index contributed by atoms with van der Waals surface area (Å²) in [6.45, 7) is 13.8. The van der Waals surface area contributed by atoms with Gasteiger partial charge < -0.3 is 19.4 Å². The molecule has 156 valence electrons. The van der Waals surface area contributed by atoms with Crippen LogP contribution in [0, 0.1) is 0 Å². The molecule has 1 saturated heterocycles. The summed E-state index contributed by atoms with van der Waals surface area (Å²) in [4.78, 5) is 16.5. The first-order valence-electron chi connectivity index (χ1n) is 9.72. The molecular formula is C21H29BN2O4S. The Balaban J connectivity index is 1.86. The van der Waals surface area contributed by atoms with Crippen molar-refractivity contribution >= 4 is 40.8 Å². The Morgan fingerprint density at radius 3 is 2.52 bits per heavy atom. The minimum Gasteiger partial charge on any atom is -0.444 e. The Morgan fingerprint density at radius 1 is 1.24 bits per heavy atom. The van der Waals surface area contributed by atoms with Crippen molar-refractivity contribution < 1.29 is 18.8 Å². The minimum absolute atomic E-state index is 0.256. The summed E-state index contributed by atoms with van der Waals surface area (Å²) in [6.07, 6.45) is 1.52. The number of hydrogen-bond donors (Lipinski definition) is 1. The predicted octanol–water partition coefficient (Wildman–Crippen LogP) is 4.84. The largest absolute Gasteiger partial charge is 0.492 e. The van der Waals surface area contributed by atoms with Gasteiger partial charge in [-0.2, -0.15) is 0 Å². The van der Waals surface area contributed by atoms with Crippen LogP contribution >= 0.6 is 11.3 Å². The van der Waals surface area contributed by atoms with Crippen LogP contribution < -0.4 is 5.32 Å². The second-order valence-electron chi connectivity index (χ2n) is 9.24. The summed E-state index contributed by atoms with van der Waals surface area (Å²) in [5.74, 6) is 0. The van der Waals surface area contributed by atoms with E-state index >= 15 is 0 Å². The molecule has 1 aromatic carbocycles. The van der Waals surface area contributed by atoms with Gasteiger partial charge in [0.15, 0.2) is 0 Å². The molecule has 1 N–H and O–H groups in total. The average molecular weight is 416 g/mol. The summed E-state index contributed by atoms with van der Waals surface area (Å²) >= 11 is 1.59. The molecule has 1 aromatic heterocycles. The van der Waals surface area contributed by atoms with Crippen LogP contribution in [0.2, 0.25) is 0 Å². The maximum absolute atomic E-state index is 12.2. The lowest BCUT2D eigenvalue weighted by molar-refractivity contribution is 0.00578. The van der Waals surface area contributed by atoms with E-state index in [0.29, 0.717) is 0 Å². The number of carbonyl (C=O) groups is 1. The molecule has 2 heterocycles. The second kappa shape index (κ2) is 7.74. The van der Waals surface area contributed by atoms with Crippen LogP contribution in [0.3, 0.4) is 0 Å². The molecule has 0 aliphatic carbocycles. The molecule has 0 saturated carbocycles. The number of amides is 1. The van der Waals surface area contributed by atoms with Crippen molar-refractivity contribution in [2.24, 2.45) is 0 Å². The highest BCUT2D eigenvalue weighted by atomic mass is 32.1. The molecule has 1 fully saturated rings. The maximum atomic E-state index is 12.2. The van der Waals surface area contributed by atoms with Gasteiger partial charge in [0, 0.05) is 6.54 Å². The van der Waals surface area contributed by atoms with Crippen LogP contribution in [0.5, 0.6) is 0 Å². The maximum Gasteiger partial charge on any atom is 0.492 e. The third kappa shape index (κ3) is 5.18. The molecule has 1 amide bonds. The molecule has 0 radical (unpaired) electrons. The monoisotopic (exact) mass is 416 g/mol. The van der Waals surface area contributed by atoms with E-state index < -0.39 is 30.0 Å². The van der Waals surface area contributed by atoms with Crippen molar-refractivity contribution in [3.05, 3.63) is 34.7 Å². The first-order valence-corrected chi connectivity index (χ1v) is 10.6. The van der Waals surface area contributed by atoms with Crippen molar-refractivity contribution in [3.8, 4) is 0 Å². The second-order valence-corrected chi connectivity index (χ2v) is 10.1. The fraction of sp³-hybridized carbons (Fsp3) is 0.524. The molecule has 29 heavy (non-hydrogen) atoms. The third-order valence-corrected chi connectivity index (χ3v) is 5.89. The van der Waals surface area contributed by atoms with Crippen molar-refractivity contribution in [2.75, 3.05) is 6.54 Å². The van der Waals surface area contributed by atoms with Gasteiger partial charge in [-0.15, -0.1) is 11.3 Å². The lowest BCUT2D eigenvalue weighted by atomic mass is 9.77. The van der Waals surface area contributed by atoms with E-state index in [-0.39, 0.29) is 6.54 Å². The van der Waals surface area contributed by atoms with Crippen LogP contribution in [0.4, 0.5) is 4.79 Å². The van der Waals surface area contributed by atoms with Gasteiger partial charge in [-0.25, -0.2) is 9.78 Å². The summed E-state index contributed by atoms with van der Waals surface area (Å²) in [7, 11) is -0.563. The van der Waals surface area contributed by atoms with Gasteiger partial charge in [0.2, 0.25) is 0 Å². The Labute approximate surface area is 176 Å². The van der Waals surface area contributed by atoms with Gasteiger partial charge in [-0.1, -0.05) is 12.1 Å². The molecular weight excluding hydrogens is 387 g/mol. The number of hydrogen-bond acceptors (Lipinski definition) is 6. The number of thiazole rings is 1. The average Bonchev–Trinajstić information content (AvgIpc) is 3.11. The van der Waals surface area contributed by atoms with Gasteiger partial charge in [0.05, 0.1) is 26.9 Å². The minimum atomic E-state index is -0.563. The first kappa shape index (κ1) is 21.8. The van der Waals surface area contributed by atoms with E-state index in [2.05, 4.69) is 16.4 Å². The Kier molecular flexibility index (Phi) is 5.82. The zero-order valence-electron chi connectivity index (χ0n) is 18.2. The smallest absolute Gasteiger partial charge is 0.444 e. The number of nitrogens with one attached hydrogen (secondary N) is 1. The fourth-order valence-electron chi connectivity index (χ4n) is 2.86. The molecule has 8 heteroatoms. The number of fused-ring (bicyclic) bond motifs is 1. The lowest BCUT2D eigenvalue weighted by Gasteiger charge is -2.32. The normalized spacial score (nSPS) is 18.9. The number of ether oxygens (including phenoxy) is 1. The van der Waals surface area contributed by atoms with E-state index in [1.54, 1.807) is 11.3 Å². The molecule has 6 nitrogen and oxygen atoms in total. The highest BCUT2D eigenvalue weighted by molar-refractivity contribution is 7.16. The predicted molar refractivity (Wildman–Crippen MR) is 118 cm³/mol. The van der Waals surface area contributed by atoms with Crippen LogP contribution in [-0.4, -0.2) is 41.5 Å².